The van der Waals surface area contributed by atoms with E-state index in [0.29, 0.717) is 11.0 Å². The molecular formula is C9H8BrClN4. The third-order valence-electron chi connectivity index (χ3n) is 2.01. The van der Waals surface area contributed by atoms with Crippen molar-refractivity contribution in [2.75, 3.05) is 5.73 Å². The van der Waals surface area contributed by atoms with E-state index < -0.39 is 0 Å². The molecule has 2 aromatic rings. The highest BCUT2D eigenvalue weighted by Gasteiger charge is 2.09. The fourth-order valence-electron chi connectivity index (χ4n) is 1.22. The number of nitrogen functional groups attached to an aromatic ring is 1. The van der Waals surface area contributed by atoms with Crippen LogP contribution in [0.25, 0.3) is 11.3 Å². The van der Waals surface area contributed by atoms with Crippen LogP contribution in [0.15, 0.2) is 22.8 Å². The minimum absolute atomic E-state index is 0.428. The molecule has 0 aliphatic rings. The number of nitrogens with zero attached hydrogens (tertiary/aromatic N) is 3. The third kappa shape index (κ3) is 1.98. The van der Waals surface area contributed by atoms with Gasteiger partial charge in [0.1, 0.15) is 11.0 Å². The molecule has 0 radical (unpaired) electrons. The van der Waals surface area contributed by atoms with Crippen LogP contribution in [0.1, 0.15) is 0 Å². The fraction of sp³-hybridized carbons (Fsp3) is 0.111. The molecule has 6 heteroatoms. The number of aromatic nitrogens is 3. The van der Waals surface area contributed by atoms with Gasteiger partial charge in [0.15, 0.2) is 0 Å². The van der Waals surface area contributed by atoms with Crippen molar-refractivity contribution in [2.24, 2.45) is 7.05 Å². The number of nitrogens with two attached hydrogens (primary N) is 1. The quantitative estimate of drug-likeness (QED) is 0.820. The number of anilines is 1. The molecule has 0 aliphatic carbocycles. The summed E-state index contributed by atoms with van der Waals surface area (Å²) in [5.41, 5.74) is 7.35. The van der Waals surface area contributed by atoms with E-state index in [9.17, 15) is 0 Å². The monoisotopic (exact) mass is 286 g/mol. The van der Waals surface area contributed by atoms with E-state index in [2.05, 4.69) is 26.0 Å². The Labute approximate surface area is 100 Å². The number of rotatable bonds is 1. The normalized spacial score (nSPS) is 10.6. The summed E-state index contributed by atoms with van der Waals surface area (Å²) in [5, 5.41) is 4.69. The maximum atomic E-state index is 5.82. The first-order valence-corrected chi connectivity index (χ1v) is 5.36. The summed E-state index contributed by atoms with van der Waals surface area (Å²) in [6, 6.07) is 3.53. The van der Waals surface area contributed by atoms with Crippen LogP contribution < -0.4 is 5.73 Å². The van der Waals surface area contributed by atoms with Crippen LogP contribution in [0, 0.1) is 0 Å². The van der Waals surface area contributed by atoms with Gasteiger partial charge in [-0.1, -0.05) is 11.6 Å². The van der Waals surface area contributed by atoms with Crippen LogP contribution in [0.3, 0.4) is 0 Å². The SMILES string of the molecule is Cn1nc(-c2cc(Cl)ncc2Br)cc1N. The molecular weight excluding hydrogens is 279 g/mol. The maximum absolute atomic E-state index is 5.82. The highest BCUT2D eigenvalue weighted by molar-refractivity contribution is 9.10. The van der Waals surface area contributed by atoms with Gasteiger partial charge in [-0.3, -0.25) is 4.68 Å². The van der Waals surface area contributed by atoms with Crippen molar-refractivity contribution in [3.05, 3.63) is 28.0 Å². The molecule has 2 N–H and O–H groups in total. The predicted octanol–water partition coefficient (Wildman–Crippen LogP) is 2.48. The Balaban J connectivity index is 2.58. The Morgan fingerprint density at radius 3 is 2.80 bits per heavy atom. The van der Waals surface area contributed by atoms with Gasteiger partial charge in [0.05, 0.1) is 5.69 Å². The van der Waals surface area contributed by atoms with Crippen molar-refractivity contribution in [3.8, 4) is 11.3 Å². The molecule has 2 aromatic heterocycles. The summed E-state index contributed by atoms with van der Waals surface area (Å²) in [7, 11) is 1.79. The molecule has 0 saturated carbocycles. The molecule has 0 saturated heterocycles. The number of hydrogen-bond acceptors (Lipinski definition) is 3. The molecule has 0 aromatic carbocycles. The van der Waals surface area contributed by atoms with E-state index in [0.717, 1.165) is 15.7 Å². The fourth-order valence-corrected chi connectivity index (χ4v) is 1.80. The van der Waals surface area contributed by atoms with Crippen molar-refractivity contribution in [1.82, 2.24) is 14.8 Å². The minimum atomic E-state index is 0.428. The van der Waals surface area contributed by atoms with E-state index in [1.807, 2.05) is 0 Å². The molecule has 0 atom stereocenters. The molecule has 0 unspecified atom stereocenters. The van der Waals surface area contributed by atoms with Gasteiger partial charge >= 0.3 is 0 Å². The van der Waals surface area contributed by atoms with Crippen molar-refractivity contribution >= 4 is 33.3 Å². The number of aryl methyl sites for hydroxylation is 1. The topological polar surface area (TPSA) is 56.7 Å². The zero-order chi connectivity index (χ0) is 11.0. The Hall–Kier alpha value is -1.07. The summed E-state index contributed by atoms with van der Waals surface area (Å²) in [6.45, 7) is 0. The third-order valence-corrected chi connectivity index (χ3v) is 2.85. The van der Waals surface area contributed by atoms with Crippen LogP contribution >= 0.6 is 27.5 Å². The van der Waals surface area contributed by atoms with Crippen molar-refractivity contribution in [3.63, 3.8) is 0 Å². The molecule has 0 amide bonds. The summed E-state index contributed by atoms with van der Waals surface area (Å²) in [6.07, 6.45) is 1.64. The molecule has 0 aliphatic heterocycles. The first kappa shape index (κ1) is 10.4. The van der Waals surface area contributed by atoms with Gasteiger partial charge < -0.3 is 5.73 Å². The molecule has 15 heavy (non-hydrogen) atoms. The standard InChI is InChI=1S/C9H8BrClN4/c1-15-9(12)3-7(14-15)5-2-8(11)13-4-6(5)10/h2-4H,12H2,1H3. The minimum Gasteiger partial charge on any atom is -0.384 e. The van der Waals surface area contributed by atoms with Gasteiger partial charge in [-0.25, -0.2) is 4.98 Å². The summed E-state index contributed by atoms with van der Waals surface area (Å²) < 4.78 is 2.45. The number of halogens is 2. The largest absolute Gasteiger partial charge is 0.384 e. The second-order valence-electron chi connectivity index (χ2n) is 3.06. The van der Waals surface area contributed by atoms with Crippen molar-refractivity contribution in [1.29, 1.82) is 0 Å². The van der Waals surface area contributed by atoms with E-state index in [-0.39, 0.29) is 0 Å². The molecule has 0 fully saturated rings. The van der Waals surface area contributed by atoms with Crippen LogP contribution in [0.2, 0.25) is 5.15 Å². The lowest BCUT2D eigenvalue weighted by Gasteiger charge is -2.00. The highest BCUT2D eigenvalue weighted by atomic mass is 79.9. The van der Waals surface area contributed by atoms with E-state index in [1.165, 1.54) is 0 Å². The van der Waals surface area contributed by atoms with Crippen molar-refractivity contribution < 1.29 is 0 Å². The molecule has 0 spiro atoms. The molecule has 78 valence electrons. The van der Waals surface area contributed by atoms with Crippen LogP contribution in [-0.4, -0.2) is 14.8 Å². The highest BCUT2D eigenvalue weighted by Crippen LogP contribution is 2.29. The van der Waals surface area contributed by atoms with Gasteiger partial charge in [0, 0.05) is 29.3 Å². The van der Waals surface area contributed by atoms with E-state index >= 15 is 0 Å². The maximum Gasteiger partial charge on any atom is 0.129 e. The van der Waals surface area contributed by atoms with Gasteiger partial charge in [-0.15, -0.1) is 0 Å². The van der Waals surface area contributed by atoms with Crippen LogP contribution in [0.5, 0.6) is 0 Å². The van der Waals surface area contributed by atoms with Crippen LogP contribution in [0.4, 0.5) is 5.82 Å². The average Bonchev–Trinajstić information content (AvgIpc) is 2.51. The summed E-state index contributed by atoms with van der Waals surface area (Å²) in [4.78, 5) is 3.95. The number of hydrogen-bond donors (Lipinski definition) is 1. The van der Waals surface area contributed by atoms with Gasteiger partial charge in [0.25, 0.3) is 0 Å². The van der Waals surface area contributed by atoms with E-state index in [4.69, 9.17) is 17.3 Å². The molecule has 2 heterocycles. The Morgan fingerprint density at radius 2 is 2.20 bits per heavy atom. The number of pyridine rings is 1. The Bertz CT molecular complexity index is 489. The summed E-state index contributed by atoms with van der Waals surface area (Å²) in [5.74, 6) is 0.602. The lowest BCUT2D eigenvalue weighted by Crippen LogP contribution is -1.96. The Morgan fingerprint density at radius 1 is 1.47 bits per heavy atom. The first-order chi connectivity index (χ1) is 7.08. The second kappa shape index (κ2) is 3.83. The van der Waals surface area contributed by atoms with Gasteiger partial charge in [-0.2, -0.15) is 5.10 Å². The van der Waals surface area contributed by atoms with E-state index in [1.54, 1.807) is 30.1 Å². The summed E-state index contributed by atoms with van der Waals surface area (Å²) >= 11 is 9.21. The average molecular weight is 288 g/mol. The lowest BCUT2D eigenvalue weighted by atomic mass is 10.2. The van der Waals surface area contributed by atoms with Crippen molar-refractivity contribution in [2.45, 2.75) is 0 Å². The predicted molar refractivity (Wildman–Crippen MR) is 63.6 cm³/mol. The van der Waals surface area contributed by atoms with Crippen LogP contribution in [-0.2, 0) is 7.05 Å². The van der Waals surface area contributed by atoms with Gasteiger partial charge in [0.2, 0.25) is 0 Å². The first-order valence-electron chi connectivity index (χ1n) is 4.19. The second-order valence-corrected chi connectivity index (χ2v) is 4.31. The zero-order valence-electron chi connectivity index (χ0n) is 7.91. The molecule has 4 nitrogen and oxygen atoms in total. The smallest absolute Gasteiger partial charge is 0.129 e. The molecule has 2 rings (SSSR count). The lowest BCUT2D eigenvalue weighted by molar-refractivity contribution is 0.782. The zero-order valence-corrected chi connectivity index (χ0v) is 10.2. The molecule has 0 bridgehead atoms. The Kier molecular flexibility index (Phi) is 2.67. The van der Waals surface area contributed by atoms with Gasteiger partial charge in [-0.05, 0) is 22.0 Å².